The van der Waals surface area contributed by atoms with Crippen molar-refractivity contribution in [2.75, 3.05) is 26.4 Å². The minimum absolute atomic E-state index is 0.374. The van der Waals surface area contributed by atoms with Crippen LogP contribution in [-0.4, -0.2) is 55.1 Å². The number of carbonyl (C=O) groups excluding carboxylic acids is 2. The van der Waals surface area contributed by atoms with Crippen LogP contribution >= 0.6 is 0 Å². The number of rotatable bonds is 2. The second-order valence-corrected chi connectivity index (χ2v) is 2.75. The van der Waals surface area contributed by atoms with Gasteiger partial charge in [0, 0.05) is 0 Å². The highest BCUT2D eigenvalue weighted by atomic mass is 16.8. The summed E-state index contributed by atoms with van der Waals surface area (Å²) in [6, 6.07) is 0. The van der Waals surface area contributed by atoms with Crippen LogP contribution in [0.5, 0.6) is 0 Å². The lowest BCUT2D eigenvalue weighted by Crippen LogP contribution is -2.05. The summed E-state index contributed by atoms with van der Waals surface area (Å²) in [5, 5.41) is 13.9. The minimum atomic E-state index is -1.83. The average molecular weight is 310 g/mol. The van der Waals surface area contributed by atoms with E-state index in [1.54, 1.807) is 19.9 Å². The summed E-state index contributed by atoms with van der Waals surface area (Å²) >= 11 is 0. The van der Waals surface area contributed by atoms with Gasteiger partial charge in [0.25, 0.3) is 0 Å². The highest BCUT2D eigenvalue weighted by molar-refractivity contribution is 5.61. The van der Waals surface area contributed by atoms with Crippen molar-refractivity contribution in [3.63, 3.8) is 0 Å². The van der Waals surface area contributed by atoms with E-state index >= 15 is 0 Å². The molecule has 1 heterocycles. The van der Waals surface area contributed by atoms with Crippen LogP contribution in [0.25, 0.3) is 0 Å². The van der Waals surface area contributed by atoms with Crippen molar-refractivity contribution >= 4 is 18.5 Å². The molecular weight excluding hydrogens is 288 g/mol. The highest BCUT2D eigenvalue weighted by Crippen LogP contribution is 1.92. The molecule has 1 fully saturated rings. The van der Waals surface area contributed by atoms with E-state index in [-0.39, 0.29) is 0 Å². The molecule has 1 saturated heterocycles. The highest BCUT2D eigenvalue weighted by Gasteiger charge is 2.09. The van der Waals surface area contributed by atoms with E-state index in [1.165, 1.54) is 0 Å². The van der Waals surface area contributed by atoms with Gasteiger partial charge in [-0.3, -0.25) is 0 Å². The van der Waals surface area contributed by atoms with Crippen LogP contribution < -0.4 is 0 Å². The normalized spacial score (nSPS) is 10.5. The summed E-state index contributed by atoms with van der Waals surface area (Å²) in [6.07, 6.45) is -1.22. The Morgan fingerprint density at radius 3 is 1.62 bits per heavy atom. The molecule has 0 aromatic rings. The van der Waals surface area contributed by atoms with Crippen LogP contribution in [0, 0.1) is 0 Å². The minimum Gasteiger partial charge on any atom is -0.450 e. The summed E-state index contributed by atoms with van der Waals surface area (Å²) < 4.78 is 17.4. The van der Waals surface area contributed by atoms with Gasteiger partial charge in [0.1, 0.15) is 13.2 Å². The molecule has 1 aliphatic rings. The molecule has 1 aliphatic heterocycles. The zero-order chi connectivity index (χ0) is 17.1. The predicted octanol–water partition coefficient (Wildman–Crippen LogP) is 2.75. The molecule has 0 spiro atoms. The van der Waals surface area contributed by atoms with Crippen LogP contribution in [0.3, 0.4) is 0 Å². The molecule has 124 valence electrons. The average Bonchev–Trinajstić information content (AvgIpc) is 2.82. The van der Waals surface area contributed by atoms with Gasteiger partial charge in [-0.2, -0.15) is 0 Å². The standard InChI is InChI=1S/C5H10O3.C3H4O3.C3H6.CH2O3/c1-3-7-5(6)8-4-2;4-3-5-1-2-6-3;1-3-2;2-1(3)4/h3-4H2,1-2H3;1-2H2;3H,1H2,2H3;(H2,2,3,4). The molecule has 0 radical (unpaired) electrons. The maximum Gasteiger partial charge on any atom is 0.508 e. The SMILES string of the molecule is C=CC.CCOC(=O)OCC.O=C(O)O.O=C1OCCO1. The summed E-state index contributed by atoms with van der Waals surface area (Å²) in [4.78, 5) is 28.6. The lowest BCUT2D eigenvalue weighted by molar-refractivity contribution is 0.0630. The molecule has 0 aromatic heterocycles. The first-order chi connectivity index (χ1) is 9.85. The third kappa shape index (κ3) is 38.1. The number of hydrogen-bond acceptors (Lipinski definition) is 7. The van der Waals surface area contributed by atoms with Gasteiger partial charge >= 0.3 is 18.5 Å². The molecule has 0 atom stereocenters. The number of ether oxygens (including phenoxy) is 4. The molecule has 0 saturated carbocycles. The van der Waals surface area contributed by atoms with E-state index in [1.807, 2.05) is 6.92 Å². The Morgan fingerprint density at radius 1 is 1.19 bits per heavy atom. The van der Waals surface area contributed by atoms with Crippen molar-refractivity contribution in [1.82, 2.24) is 0 Å². The number of carbonyl (C=O) groups is 3. The number of allylic oxidation sites excluding steroid dienone is 1. The molecular formula is C12H22O9. The van der Waals surface area contributed by atoms with Crippen molar-refractivity contribution in [2.24, 2.45) is 0 Å². The number of carboxylic acid groups (broad SMARTS) is 2. The zero-order valence-electron chi connectivity index (χ0n) is 12.4. The van der Waals surface area contributed by atoms with Crippen LogP contribution in [0.2, 0.25) is 0 Å². The number of cyclic esters (lactones) is 2. The van der Waals surface area contributed by atoms with Crippen LogP contribution in [0.15, 0.2) is 12.7 Å². The van der Waals surface area contributed by atoms with E-state index in [4.69, 9.17) is 15.0 Å². The van der Waals surface area contributed by atoms with Gasteiger partial charge in [0.15, 0.2) is 0 Å². The lowest BCUT2D eigenvalue weighted by Gasteiger charge is -1.98. The fourth-order valence-electron chi connectivity index (χ4n) is 0.569. The fraction of sp³-hybridized carbons (Fsp3) is 0.583. The van der Waals surface area contributed by atoms with Gasteiger partial charge < -0.3 is 29.2 Å². The fourth-order valence-corrected chi connectivity index (χ4v) is 0.569. The van der Waals surface area contributed by atoms with Crippen LogP contribution in [-0.2, 0) is 18.9 Å². The molecule has 0 aromatic carbocycles. The van der Waals surface area contributed by atoms with Gasteiger partial charge in [-0.1, -0.05) is 6.08 Å². The zero-order valence-corrected chi connectivity index (χ0v) is 12.4. The third-order valence-electron chi connectivity index (χ3n) is 1.05. The Hall–Kier alpha value is -2.45. The molecule has 1 rings (SSSR count). The Kier molecular flexibility index (Phi) is 22.4. The molecule has 2 N–H and O–H groups in total. The van der Waals surface area contributed by atoms with Crippen LogP contribution in [0.1, 0.15) is 20.8 Å². The molecule has 0 amide bonds. The van der Waals surface area contributed by atoms with E-state index in [0.29, 0.717) is 26.4 Å². The van der Waals surface area contributed by atoms with Crippen molar-refractivity contribution in [2.45, 2.75) is 20.8 Å². The van der Waals surface area contributed by atoms with Gasteiger partial charge in [-0.15, -0.1) is 6.58 Å². The summed E-state index contributed by atoms with van der Waals surface area (Å²) in [6.45, 7) is 10.3. The second kappa shape index (κ2) is 19.9. The topological polar surface area (TPSA) is 129 Å². The van der Waals surface area contributed by atoms with Gasteiger partial charge in [0.05, 0.1) is 13.2 Å². The van der Waals surface area contributed by atoms with E-state index in [0.717, 1.165) is 0 Å². The molecule has 0 bridgehead atoms. The predicted molar refractivity (Wildman–Crippen MR) is 72.5 cm³/mol. The van der Waals surface area contributed by atoms with E-state index < -0.39 is 18.5 Å². The Balaban J connectivity index is -0.000000221. The molecule has 0 aliphatic carbocycles. The second-order valence-electron chi connectivity index (χ2n) is 2.75. The first-order valence-electron chi connectivity index (χ1n) is 5.93. The number of hydrogen-bond donors (Lipinski definition) is 2. The van der Waals surface area contributed by atoms with Gasteiger partial charge in [-0.25, -0.2) is 14.4 Å². The van der Waals surface area contributed by atoms with E-state index in [2.05, 4.69) is 25.5 Å². The molecule has 21 heavy (non-hydrogen) atoms. The van der Waals surface area contributed by atoms with Crippen molar-refractivity contribution in [3.05, 3.63) is 12.7 Å². The monoisotopic (exact) mass is 310 g/mol. The quantitative estimate of drug-likeness (QED) is 0.584. The van der Waals surface area contributed by atoms with Gasteiger partial charge in [0.2, 0.25) is 0 Å². The third-order valence-corrected chi connectivity index (χ3v) is 1.05. The first kappa shape index (κ1) is 23.6. The summed E-state index contributed by atoms with van der Waals surface area (Å²) in [7, 11) is 0. The molecule has 9 nitrogen and oxygen atoms in total. The summed E-state index contributed by atoms with van der Waals surface area (Å²) in [5.41, 5.74) is 0. The Bertz CT molecular complexity index is 268. The van der Waals surface area contributed by atoms with E-state index in [9.17, 15) is 9.59 Å². The maximum atomic E-state index is 10.2. The van der Waals surface area contributed by atoms with Crippen LogP contribution in [0.4, 0.5) is 14.4 Å². The Morgan fingerprint density at radius 2 is 1.48 bits per heavy atom. The Labute approximate surface area is 123 Å². The maximum absolute atomic E-state index is 10.2. The lowest BCUT2D eigenvalue weighted by atomic mass is 10.8. The largest absolute Gasteiger partial charge is 0.508 e. The van der Waals surface area contributed by atoms with Crippen molar-refractivity contribution in [1.29, 1.82) is 0 Å². The molecule has 9 heteroatoms. The van der Waals surface area contributed by atoms with Crippen molar-refractivity contribution in [3.8, 4) is 0 Å². The van der Waals surface area contributed by atoms with Crippen molar-refractivity contribution < 1.29 is 43.5 Å². The first-order valence-corrected chi connectivity index (χ1v) is 5.93. The van der Waals surface area contributed by atoms with Gasteiger partial charge in [-0.05, 0) is 20.8 Å². The summed E-state index contributed by atoms with van der Waals surface area (Å²) in [5.74, 6) is 0. The smallest absolute Gasteiger partial charge is 0.450 e. The molecule has 0 unspecified atom stereocenters.